The molecule has 2 unspecified atom stereocenters. The quantitative estimate of drug-likeness (QED) is 0.502. The highest BCUT2D eigenvalue weighted by molar-refractivity contribution is 5.29. The van der Waals surface area contributed by atoms with E-state index in [0.717, 1.165) is 25.0 Å². The van der Waals surface area contributed by atoms with Crippen LogP contribution in [0, 0.1) is 17.7 Å². The Bertz CT molecular complexity index is 454. The van der Waals surface area contributed by atoms with Crippen molar-refractivity contribution in [1.82, 2.24) is 5.43 Å². The Morgan fingerprint density at radius 3 is 2.37 bits per heavy atom. The molecule has 0 aromatic heterocycles. The normalized spacial score (nSPS) is 19.3. The van der Waals surface area contributed by atoms with Gasteiger partial charge in [-0.05, 0) is 42.4 Å². The minimum atomic E-state index is -4.67. The third kappa shape index (κ3) is 3.06. The molecule has 1 aliphatic carbocycles. The average molecular weight is 276 g/mol. The lowest BCUT2D eigenvalue weighted by Crippen LogP contribution is -2.33. The van der Waals surface area contributed by atoms with Crippen molar-refractivity contribution in [2.24, 2.45) is 17.7 Å². The number of hydrogen-bond donors (Lipinski definition) is 2. The van der Waals surface area contributed by atoms with Crippen LogP contribution in [0.2, 0.25) is 0 Å². The molecule has 1 aromatic rings. The van der Waals surface area contributed by atoms with Crippen molar-refractivity contribution < 1.29 is 17.6 Å². The lowest BCUT2D eigenvalue weighted by atomic mass is 9.90. The van der Waals surface area contributed by atoms with E-state index >= 15 is 0 Å². The highest BCUT2D eigenvalue weighted by atomic mass is 19.4. The van der Waals surface area contributed by atoms with Crippen molar-refractivity contribution in [3.63, 3.8) is 0 Å². The van der Waals surface area contributed by atoms with Crippen LogP contribution >= 0.6 is 0 Å². The van der Waals surface area contributed by atoms with Gasteiger partial charge in [0.2, 0.25) is 0 Å². The van der Waals surface area contributed by atoms with Crippen LogP contribution in [-0.4, -0.2) is 0 Å². The van der Waals surface area contributed by atoms with E-state index in [2.05, 4.69) is 5.43 Å². The summed E-state index contributed by atoms with van der Waals surface area (Å²) in [7, 11) is 0. The van der Waals surface area contributed by atoms with Gasteiger partial charge in [-0.3, -0.25) is 11.3 Å². The summed E-state index contributed by atoms with van der Waals surface area (Å²) in [6.45, 7) is 1.97. The summed E-state index contributed by atoms with van der Waals surface area (Å²) < 4.78 is 51.0. The van der Waals surface area contributed by atoms with Crippen LogP contribution in [0.25, 0.3) is 0 Å². The van der Waals surface area contributed by atoms with Crippen LogP contribution in [0.15, 0.2) is 18.2 Å². The van der Waals surface area contributed by atoms with E-state index in [9.17, 15) is 17.6 Å². The van der Waals surface area contributed by atoms with Crippen molar-refractivity contribution in [2.45, 2.75) is 32.0 Å². The largest absolute Gasteiger partial charge is 0.419 e. The molecule has 2 nitrogen and oxygen atoms in total. The molecule has 0 saturated heterocycles. The number of hydrazine groups is 1. The topological polar surface area (TPSA) is 38.0 Å². The molecular weight excluding hydrogens is 260 g/mol. The lowest BCUT2D eigenvalue weighted by Gasteiger charge is -2.24. The van der Waals surface area contributed by atoms with Gasteiger partial charge in [0.25, 0.3) is 0 Å². The van der Waals surface area contributed by atoms with Crippen LogP contribution in [0.3, 0.4) is 0 Å². The van der Waals surface area contributed by atoms with E-state index in [-0.39, 0.29) is 12.0 Å². The molecule has 0 radical (unpaired) electrons. The first-order valence-corrected chi connectivity index (χ1v) is 6.17. The zero-order valence-electron chi connectivity index (χ0n) is 10.5. The van der Waals surface area contributed by atoms with Gasteiger partial charge in [-0.25, -0.2) is 4.39 Å². The minimum Gasteiger partial charge on any atom is -0.271 e. The molecule has 3 N–H and O–H groups in total. The van der Waals surface area contributed by atoms with Crippen molar-refractivity contribution in [2.75, 3.05) is 0 Å². The Morgan fingerprint density at radius 2 is 1.95 bits per heavy atom. The summed E-state index contributed by atoms with van der Waals surface area (Å²) in [4.78, 5) is 0. The van der Waals surface area contributed by atoms with Crippen molar-refractivity contribution in [3.8, 4) is 0 Å². The van der Waals surface area contributed by atoms with Crippen molar-refractivity contribution >= 4 is 0 Å². The van der Waals surface area contributed by atoms with Gasteiger partial charge in [-0.2, -0.15) is 13.2 Å². The van der Waals surface area contributed by atoms with Crippen LogP contribution < -0.4 is 11.3 Å². The van der Waals surface area contributed by atoms with Gasteiger partial charge in [0, 0.05) is 6.04 Å². The Hall–Kier alpha value is -1.14. The van der Waals surface area contributed by atoms with Crippen molar-refractivity contribution in [1.29, 1.82) is 0 Å². The SMILES string of the molecule is CC(C1CC1)C(NN)c1ccc(C(F)(F)F)c(F)c1. The highest BCUT2D eigenvalue weighted by Crippen LogP contribution is 2.43. The fraction of sp³-hybridized carbons (Fsp3) is 0.538. The molecule has 106 valence electrons. The number of alkyl halides is 3. The van der Waals surface area contributed by atoms with E-state index < -0.39 is 17.6 Å². The van der Waals surface area contributed by atoms with E-state index in [1.54, 1.807) is 0 Å². The number of rotatable bonds is 4. The van der Waals surface area contributed by atoms with Gasteiger partial charge in [-0.15, -0.1) is 0 Å². The molecule has 0 bridgehead atoms. The molecule has 1 saturated carbocycles. The second kappa shape index (κ2) is 5.09. The Balaban J connectivity index is 2.27. The molecular formula is C13H16F4N2. The zero-order chi connectivity index (χ0) is 14.2. The Morgan fingerprint density at radius 1 is 1.32 bits per heavy atom. The van der Waals surface area contributed by atoms with Crippen LogP contribution in [0.5, 0.6) is 0 Å². The second-order valence-corrected chi connectivity index (χ2v) is 5.08. The maximum atomic E-state index is 13.5. The highest BCUT2D eigenvalue weighted by Gasteiger charge is 2.36. The lowest BCUT2D eigenvalue weighted by molar-refractivity contribution is -0.140. The van der Waals surface area contributed by atoms with Gasteiger partial charge in [0.1, 0.15) is 5.82 Å². The molecule has 6 heteroatoms. The summed E-state index contributed by atoms with van der Waals surface area (Å²) in [6.07, 6.45) is -2.50. The average Bonchev–Trinajstić information content (AvgIpc) is 3.11. The predicted octanol–water partition coefficient (Wildman–Crippen LogP) is 3.40. The first kappa shape index (κ1) is 14.3. The molecule has 1 aromatic carbocycles. The molecule has 0 spiro atoms. The van der Waals surface area contributed by atoms with Crippen LogP contribution in [0.1, 0.15) is 36.9 Å². The Labute approximate surface area is 109 Å². The van der Waals surface area contributed by atoms with Gasteiger partial charge < -0.3 is 0 Å². The monoisotopic (exact) mass is 276 g/mol. The summed E-state index contributed by atoms with van der Waals surface area (Å²) in [5.74, 6) is 4.87. The maximum absolute atomic E-state index is 13.5. The third-order valence-electron chi connectivity index (χ3n) is 3.73. The van der Waals surface area contributed by atoms with Crippen LogP contribution in [0.4, 0.5) is 17.6 Å². The van der Waals surface area contributed by atoms with E-state index in [4.69, 9.17) is 5.84 Å². The van der Waals surface area contributed by atoms with Crippen molar-refractivity contribution in [3.05, 3.63) is 35.1 Å². The number of nitrogens with two attached hydrogens (primary N) is 1. The number of benzene rings is 1. The molecule has 2 atom stereocenters. The number of halogens is 4. The molecule has 0 aliphatic heterocycles. The molecule has 0 heterocycles. The van der Waals surface area contributed by atoms with Crippen LogP contribution in [-0.2, 0) is 6.18 Å². The summed E-state index contributed by atoms with van der Waals surface area (Å²) in [5, 5.41) is 0. The molecule has 0 amide bonds. The Kier molecular flexibility index (Phi) is 3.82. The third-order valence-corrected chi connectivity index (χ3v) is 3.73. The minimum absolute atomic E-state index is 0.168. The molecule has 1 fully saturated rings. The molecule has 19 heavy (non-hydrogen) atoms. The fourth-order valence-electron chi connectivity index (χ4n) is 2.40. The van der Waals surface area contributed by atoms with Gasteiger partial charge in [0.15, 0.2) is 0 Å². The number of nitrogens with one attached hydrogen (secondary N) is 1. The first-order valence-electron chi connectivity index (χ1n) is 6.17. The molecule has 2 rings (SSSR count). The van der Waals surface area contributed by atoms with Gasteiger partial charge >= 0.3 is 6.18 Å². The van der Waals surface area contributed by atoms with E-state index in [1.165, 1.54) is 6.07 Å². The predicted molar refractivity (Wildman–Crippen MR) is 63.4 cm³/mol. The summed E-state index contributed by atoms with van der Waals surface area (Å²) >= 11 is 0. The smallest absolute Gasteiger partial charge is 0.271 e. The van der Waals surface area contributed by atoms with Gasteiger partial charge in [0.05, 0.1) is 5.56 Å². The van der Waals surface area contributed by atoms with E-state index in [0.29, 0.717) is 11.5 Å². The first-order chi connectivity index (χ1) is 8.84. The summed E-state index contributed by atoms with van der Waals surface area (Å²) in [5.41, 5.74) is 1.78. The number of hydrogen-bond acceptors (Lipinski definition) is 2. The standard InChI is InChI=1S/C13H16F4N2/c1-7(8-2-3-8)12(19-18)9-4-5-10(11(14)6-9)13(15,16)17/h4-8,12,19H,2-3,18H2,1H3. The zero-order valence-corrected chi connectivity index (χ0v) is 10.5. The summed E-state index contributed by atoms with van der Waals surface area (Å²) in [6, 6.07) is 2.65. The fourth-order valence-corrected chi connectivity index (χ4v) is 2.40. The van der Waals surface area contributed by atoms with Gasteiger partial charge in [-0.1, -0.05) is 13.0 Å². The second-order valence-electron chi connectivity index (χ2n) is 5.08. The molecule has 1 aliphatic rings. The maximum Gasteiger partial charge on any atom is 0.419 e. The van der Waals surface area contributed by atoms with E-state index in [1.807, 2.05) is 6.92 Å².